The van der Waals surface area contributed by atoms with Crippen LogP contribution in [0, 0.1) is 0 Å². The lowest BCUT2D eigenvalue weighted by atomic mass is 10.2. The van der Waals surface area contributed by atoms with Crippen LogP contribution in [-0.2, 0) is 0 Å². The van der Waals surface area contributed by atoms with Crippen LogP contribution in [0.1, 0.15) is 12.8 Å². The van der Waals surface area contributed by atoms with Gasteiger partial charge in [-0.2, -0.15) is 0 Å². The topological polar surface area (TPSA) is 47.3 Å². The van der Waals surface area contributed by atoms with Gasteiger partial charge in [0.1, 0.15) is 12.4 Å². The molecule has 0 saturated carbocycles. The van der Waals surface area contributed by atoms with Crippen LogP contribution in [0.5, 0.6) is 5.75 Å². The van der Waals surface area contributed by atoms with Crippen molar-refractivity contribution in [3.63, 3.8) is 0 Å². The van der Waals surface area contributed by atoms with Crippen molar-refractivity contribution in [3.8, 4) is 5.75 Å². The molecule has 1 aliphatic heterocycles. The van der Waals surface area contributed by atoms with Crippen LogP contribution < -0.4 is 15.8 Å². The fourth-order valence-electron chi connectivity index (χ4n) is 1.70. The Bertz CT molecular complexity index is 295. The molecule has 0 bridgehead atoms. The van der Waals surface area contributed by atoms with Gasteiger partial charge in [0, 0.05) is 6.04 Å². The molecule has 2 rings (SSSR count). The van der Waals surface area contributed by atoms with E-state index in [1.807, 2.05) is 24.3 Å². The van der Waals surface area contributed by atoms with Crippen molar-refractivity contribution < 1.29 is 4.74 Å². The second-order valence-electron chi connectivity index (χ2n) is 3.64. The maximum absolute atomic E-state index is 5.76. The molecule has 1 unspecified atom stereocenters. The average molecular weight is 192 g/mol. The molecule has 3 nitrogen and oxygen atoms in total. The van der Waals surface area contributed by atoms with Crippen LogP contribution in [0.3, 0.4) is 0 Å². The molecule has 3 heteroatoms. The molecule has 1 atom stereocenters. The maximum atomic E-state index is 5.76. The molecule has 0 aliphatic carbocycles. The number of hydrogen-bond donors (Lipinski definition) is 2. The first kappa shape index (κ1) is 9.34. The minimum Gasteiger partial charge on any atom is -0.490 e. The third kappa shape index (κ3) is 2.17. The number of nitrogens with two attached hydrogens (primary N) is 1. The van der Waals surface area contributed by atoms with Gasteiger partial charge in [0.2, 0.25) is 0 Å². The molecule has 14 heavy (non-hydrogen) atoms. The Morgan fingerprint density at radius 3 is 3.00 bits per heavy atom. The summed E-state index contributed by atoms with van der Waals surface area (Å²) in [6.45, 7) is 1.83. The molecule has 0 radical (unpaired) electrons. The van der Waals surface area contributed by atoms with Gasteiger partial charge in [0.05, 0.1) is 5.69 Å². The number of nitrogens with one attached hydrogen (secondary N) is 1. The zero-order valence-electron chi connectivity index (χ0n) is 8.20. The minimum absolute atomic E-state index is 0.495. The lowest BCUT2D eigenvalue weighted by Gasteiger charge is -2.13. The molecule has 1 aromatic carbocycles. The molecule has 3 N–H and O–H groups in total. The zero-order chi connectivity index (χ0) is 9.80. The predicted octanol–water partition coefficient (Wildman–Crippen LogP) is 1.40. The van der Waals surface area contributed by atoms with Crippen molar-refractivity contribution in [1.29, 1.82) is 0 Å². The van der Waals surface area contributed by atoms with E-state index in [-0.39, 0.29) is 0 Å². The number of nitrogen functional groups attached to an aromatic ring is 1. The first-order valence-corrected chi connectivity index (χ1v) is 5.07. The van der Waals surface area contributed by atoms with E-state index in [0.29, 0.717) is 18.3 Å². The molecule has 0 spiro atoms. The van der Waals surface area contributed by atoms with E-state index < -0.39 is 0 Å². The minimum atomic E-state index is 0.495. The highest BCUT2D eigenvalue weighted by molar-refractivity contribution is 5.51. The van der Waals surface area contributed by atoms with Gasteiger partial charge in [0.25, 0.3) is 0 Å². The summed E-state index contributed by atoms with van der Waals surface area (Å²) < 4.78 is 5.63. The summed E-state index contributed by atoms with van der Waals surface area (Å²) in [7, 11) is 0. The Balaban J connectivity index is 1.88. The highest BCUT2D eigenvalue weighted by Gasteiger charge is 2.14. The standard InChI is InChI=1S/C11H16N2O/c12-10-5-1-2-6-11(10)14-8-9-4-3-7-13-9/h1-2,5-6,9,13H,3-4,7-8,12H2. The Morgan fingerprint density at radius 2 is 2.29 bits per heavy atom. The maximum Gasteiger partial charge on any atom is 0.142 e. The molecule has 0 aromatic heterocycles. The van der Waals surface area contributed by atoms with Gasteiger partial charge in [-0.3, -0.25) is 0 Å². The van der Waals surface area contributed by atoms with Crippen LogP contribution in [-0.4, -0.2) is 19.2 Å². The molecule has 76 valence electrons. The van der Waals surface area contributed by atoms with Crippen LogP contribution in [0.15, 0.2) is 24.3 Å². The van der Waals surface area contributed by atoms with Crippen LogP contribution >= 0.6 is 0 Å². The van der Waals surface area contributed by atoms with Gasteiger partial charge in [0.15, 0.2) is 0 Å². The molecule has 1 saturated heterocycles. The van der Waals surface area contributed by atoms with Crippen LogP contribution in [0.2, 0.25) is 0 Å². The molecule has 1 fully saturated rings. The van der Waals surface area contributed by atoms with Crippen molar-refractivity contribution in [2.24, 2.45) is 0 Å². The van der Waals surface area contributed by atoms with Crippen LogP contribution in [0.4, 0.5) is 5.69 Å². The van der Waals surface area contributed by atoms with Gasteiger partial charge < -0.3 is 15.8 Å². The summed E-state index contributed by atoms with van der Waals surface area (Å²) >= 11 is 0. The summed E-state index contributed by atoms with van der Waals surface area (Å²) in [6.07, 6.45) is 2.45. The molecule has 0 amide bonds. The van der Waals surface area contributed by atoms with Crippen molar-refractivity contribution in [2.75, 3.05) is 18.9 Å². The lowest BCUT2D eigenvalue weighted by molar-refractivity contribution is 0.278. The van der Waals surface area contributed by atoms with Gasteiger partial charge in [-0.1, -0.05) is 12.1 Å². The van der Waals surface area contributed by atoms with E-state index in [4.69, 9.17) is 10.5 Å². The summed E-state index contributed by atoms with van der Waals surface area (Å²) in [5, 5.41) is 3.38. The second kappa shape index (κ2) is 4.33. The van der Waals surface area contributed by atoms with E-state index in [0.717, 1.165) is 12.3 Å². The smallest absolute Gasteiger partial charge is 0.142 e. The Hall–Kier alpha value is -1.22. The summed E-state index contributed by atoms with van der Waals surface area (Å²) in [5.41, 5.74) is 6.47. The van der Waals surface area contributed by atoms with Gasteiger partial charge in [-0.25, -0.2) is 0 Å². The Labute approximate surface area is 84.3 Å². The van der Waals surface area contributed by atoms with Crippen molar-refractivity contribution in [3.05, 3.63) is 24.3 Å². The van der Waals surface area contributed by atoms with Gasteiger partial charge in [-0.15, -0.1) is 0 Å². The van der Waals surface area contributed by atoms with Gasteiger partial charge >= 0.3 is 0 Å². The van der Waals surface area contributed by atoms with Crippen molar-refractivity contribution in [1.82, 2.24) is 5.32 Å². The van der Waals surface area contributed by atoms with E-state index in [1.165, 1.54) is 12.8 Å². The highest BCUT2D eigenvalue weighted by Crippen LogP contribution is 2.20. The lowest BCUT2D eigenvalue weighted by Crippen LogP contribution is -2.28. The SMILES string of the molecule is Nc1ccccc1OCC1CCCN1. The molecule has 1 aliphatic rings. The molecule has 1 aromatic rings. The largest absolute Gasteiger partial charge is 0.490 e. The zero-order valence-corrected chi connectivity index (χ0v) is 8.20. The molecular formula is C11H16N2O. The van der Waals surface area contributed by atoms with Gasteiger partial charge in [-0.05, 0) is 31.5 Å². The fourth-order valence-corrected chi connectivity index (χ4v) is 1.70. The van der Waals surface area contributed by atoms with Crippen molar-refractivity contribution >= 4 is 5.69 Å². The number of rotatable bonds is 3. The predicted molar refractivity (Wildman–Crippen MR) is 57.4 cm³/mol. The van der Waals surface area contributed by atoms with E-state index in [9.17, 15) is 0 Å². The summed E-state index contributed by atoms with van der Waals surface area (Å²) in [5.74, 6) is 0.793. The quantitative estimate of drug-likeness (QED) is 0.712. The van der Waals surface area contributed by atoms with Crippen LogP contribution in [0.25, 0.3) is 0 Å². The molecular weight excluding hydrogens is 176 g/mol. The third-order valence-electron chi connectivity index (χ3n) is 2.52. The summed E-state index contributed by atoms with van der Waals surface area (Å²) in [6, 6.07) is 8.11. The van der Waals surface area contributed by atoms with E-state index >= 15 is 0 Å². The second-order valence-corrected chi connectivity index (χ2v) is 3.64. The third-order valence-corrected chi connectivity index (χ3v) is 2.52. The summed E-state index contributed by atoms with van der Waals surface area (Å²) in [4.78, 5) is 0. The monoisotopic (exact) mass is 192 g/mol. The number of benzene rings is 1. The number of para-hydroxylation sites is 2. The number of hydrogen-bond acceptors (Lipinski definition) is 3. The number of ether oxygens (including phenoxy) is 1. The van der Waals surface area contributed by atoms with E-state index in [2.05, 4.69) is 5.32 Å². The van der Waals surface area contributed by atoms with Crippen molar-refractivity contribution in [2.45, 2.75) is 18.9 Å². The number of anilines is 1. The average Bonchev–Trinajstić information content (AvgIpc) is 2.69. The fraction of sp³-hybridized carbons (Fsp3) is 0.455. The highest BCUT2D eigenvalue weighted by atomic mass is 16.5. The first-order chi connectivity index (χ1) is 6.86. The first-order valence-electron chi connectivity index (χ1n) is 5.07. The Kier molecular flexibility index (Phi) is 2.89. The Morgan fingerprint density at radius 1 is 1.43 bits per heavy atom. The normalized spacial score (nSPS) is 21.0. The van der Waals surface area contributed by atoms with E-state index in [1.54, 1.807) is 0 Å². The molecule has 1 heterocycles.